The molecule has 204 valence electrons. The molecule has 2 aromatic heterocycles. The first-order valence-electron chi connectivity index (χ1n) is 12.2. The van der Waals surface area contributed by atoms with Gasteiger partial charge in [-0.3, -0.25) is 14.5 Å². The molecule has 4 heterocycles. The van der Waals surface area contributed by atoms with Crippen molar-refractivity contribution in [2.45, 2.75) is 38.0 Å². The molecule has 0 fully saturated rings. The number of pyridine rings is 1. The molecule has 2 atom stereocenters. The number of nitrogens with zero attached hydrogens (tertiary/aromatic N) is 4. The summed E-state index contributed by atoms with van der Waals surface area (Å²) in [4.78, 5) is 32.9. The van der Waals surface area contributed by atoms with Gasteiger partial charge < -0.3 is 24.6 Å². The van der Waals surface area contributed by atoms with E-state index in [0.717, 1.165) is 5.56 Å². The van der Waals surface area contributed by atoms with Crippen LogP contribution in [0.25, 0.3) is 11.1 Å². The van der Waals surface area contributed by atoms with Crippen molar-refractivity contribution < 1.29 is 23.8 Å². The first kappa shape index (κ1) is 27.2. The van der Waals surface area contributed by atoms with Crippen LogP contribution >= 0.6 is 23.4 Å². The summed E-state index contributed by atoms with van der Waals surface area (Å²) in [6.07, 6.45) is 4.05. The highest BCUT2D eigenvalue weighted by Gasteiger charge is 2.34. The SMILES string of the molecule is COCC1Cn2cc(-c3cc(N4C(NC=O)=CS[C@@H]4C)ncc3Cl)cc2C(=O)N1Cc1cc(F)ccc1CO. The Morgan fingerprint density at radius 2 is 2.13 bits per heavy atom. The fraction of sp³-hybridized carbons (Fsp3) is 0.296. The zero-order chi connectivity index (χ0) is 27.7. The molecule has 1 aromatic carbocycles. The van der Waals surface area contributed by atoms with Crippen molar-refractivity contribution in [2.24, 2.45) is 0 Å². The molecule has 0 bridgehead atoms. The average Bonchev–Trinajstić information content (AvgIpc) is 3.51. The van der Waals surface area contributed by atoms with Crippen LogP contribution in [0.15, 0.2) is 54.0 Å². The molecule has 12 heteroatoms. The Hall–Kier alpha value is -3.38. The molecule has 0 saturated heterocycles. The average molecular weight is 572 g/mol. The third-order valence-corrected chi connectivity index (χ3v) is 8.13. The standard InChI is InChI=1S/C27H27ClFN5O4S/c1-16-34(26(14-39-16)31-15-36)25-7-22(23(28)8-30-25)19-6-24-27(37)33(21(13-38-2)11-32(24)9-19)10-18-5-20(29)4-3-17(18)12-35/h3-9,14-16,21,35H,10-13H2,1-2H3,(H,31,36)/t16-,21?/m1/s1. The van der Waals surface area contributed by atoms with E-state index in [4.69, 9.17) is 16.3 Å². The Morgan fingerprint density at radius 1 is 1.31 bits per heavy atom. The molecule has 2 amide bonds. The summed E-state index contributed by atoms with van der Waals surface area (Å²) >= 11 is 8.13. The molecular weight excluding hydrogens is 545 g/mol. The molecule has 9 nitrogen and oxygen atoms in total. The van der Waals surface area contributed by atoms with Gasteiger partial charge in [-0.2, -0.15) is 0 Å². The number of halogens is 2. The number of rotatable bonds is 9. The van der Waals surface area contributed by atoms with Gasteiger partial charge in [-0.1, -0.05) is 17.7 Å². The van der Waals surface area contributed by atoms with Crippen molar-refractivity contribution in [3.63, 3.8) is 0 Å². The van der Waals surface area contributed by atoms with E-state index in [1.165, 1.54) is 18.2 Å². The van der Waals surface area contributed by atoms with Gasteiger partial charge in [-0.15, -0.1) is 11.8 Å². The number of thioether (sulfide) groups is 1. The summed E-state index contributed by atoms with van der Waals surface area (Å²) < 4.78 is 21.3. The lowest BCUT2D eigenvalue weighted by Gasteiger charge is -2.36. The molecule has 0 aliphatic carbocycles. The van der Waals surface area contributed by atoms with Crippen LogP contribution in [-0.4, -0.2) is 57.0 Å². The highest BCUT2D eigenvalue weighted by molar-refractivity contribution is 8.03. The minimum atomic E-state index is -0.434. The van der Waals surface area contributed by atoms with E-state index in [2.05, 4.69) is 10.3 Å². The summed E-state index contributed by atoms with van der Waals surface area (Å²) in [5.41, 5.74) is 2.99. The van der Waals surface area contributed by atoms with E-state index in [1.54, 1.807) is 36.0 Å². The van der Waals surface area contributed by atoms with Crippen LogP contribution in [0.4, 0.5) is 10.2 Å². The fourth-order valence-electron chi connectivity index (χ4n) is 4.97. The zero-order valence-corrected chi connectivity index (χ0v) is 22.9. The Labute approximate surface area is 234 Å². The molecular formula is C27H27ClFN5O4S. The number of aromatic nitrogens is 2. The number of hydrogen-bond donors (Lipinski definition) is 2. The lowest BCUT2D eigenvalue weighted by molar-refractivity contribution is -0.108. The molecule has 0 spiro atoms. The van der Waals surface area contributed by atoms with Crippen LogP contribution < -0.4 is 10.2 Å². The van der Waals surface area contributed by atoms with Gasteiger partial charge in [0, 0.05) is 49.1 Å². The number of fused-ring (bicyclic) bond motifs is 1. The van der Waals surface area contributed by atoms with E-state index in [-0.39, 0.29) is 37.1 Å². The number of hydrogen-bond acceptors (Lipinski definition) is 7. The normalized spacial score (nSPS) is 18.8. The number of carbonyl (C=O) groups is 2. The van der Waals surface area contributed by atoms with E-state index in [9.17, 15) is 19.1 Å². The Morgan fingerprint density at radius 3 is 2.87 bits per heavy atom. The van der Waals surface area contributed by atoms with Crippen LogP contribution in [0.3, 0.4) is 0 Å². The molecule has 3 aromatic rings. The Balaban J connectivity index is 1.49. The third kappa shape index (κ3) is 5.27. The molecule has 1 unspecified atom stereocenters. The van der Waals surface area contributed by atoms with Gasteiger partial charge in [-0.25, -0.2) is 9.37 Å². The van der Waals surface area contributed by atoms with Gasteiger partial charge in [0.1, 0.15) is 23.1 Å². The van der Waals surface area contributed by atoms with Crippen molar-refractivity contribution in [1.82, 2.24) is 19.8 Å². The molecule has 5 rings (SSSR count). The number of ether oxygens (including phenoxy) is 1. The first-order valence-corrected chi connectivity index (χ1v) is 13.6. The second-order valence-electron chi connectivity index (χ2n) is 9.27. The van der Waals surface area contributed by atoms with Crippen LogP contribution in [0.1, 0.15) is 28.5 Å². The number of carbonyl (C=O) groups excluding carboxylic acids is 2. The Bertz CT molecular complexity index is 1450. The maximum Gasteiger partial charge on any atom is 0.271 e. The van der Waals surface area contributed by atoms with Crippen molar-refractivity contribution in [3.8, 4) is 11.1 Å². The van der Waals surface area contributed by atoms with E-state index in [1.807, 2.05) is 34.1 Å². The zero-order valence-electron chi connectivity index (χ0n) is 21.3. The van der Waals surface area contributed by atoms with E-state index in [0.29, 0.717) is 52.0 Å². The van der Waals surface area contributed by atoms with E-state index >= 15 is 0 Å². The largest absolute Gasteiger partial charge is 0.392 e. The lowest BCUT2D eigenvalue weighted by Crippen LogP contribution is -2.49. The van der Waals surface area contributed by atoms with Crippen LogP contribution in [0, 0.1) is 5.82 Å². The summed E-state index contributed by atoms with van der Waals surface area (Å²) in [5.74, 6) is 0.547. The smallest absolute Gasteiger partial charge is 0.271 e. The minimum absolute atomic E-state index is 0.00721. The van der Waals surface area contributed by atoms with Crippen LogP contribution in [0.5, 0.6) is 0 Å². The number of aliphatic hydroxyl groups is 1. The van der Waals surface area contributed by atoms with Gasteiger partial charge in [0.15, 0.2) is 0 Å². The van der Waals surface area contributed by atoms with Crippen molar-refractivity contribution in [3.05, 3.63) is 81.6 Å². The fourth-order valence-corrected chi connectivity index (χ4v) is 6.04. The molecule has 2 aliphatic heterocycles. The van der Waals surface area contributed by atoms with Gasteiger partial charge in [0.05, 0.1) is 29.7 Å². The predicted octanol–water partition coefficient (Wildman–Crippen LogP) is 3.95. The number of anilines is 1. The maximum atomic E-state index is 14.0. The summed E-state index contributed by atoms with van der Waals surface area (Å²) in [6.45, 7) is 2.61. The molecule has 0 saturated carbocycles. The number of aliphatic hydroxyl groups excluding tert-OH is 1. The molecule has 0 radical (unpaired) electrons. The second-order valence-corrected chi connectivity index (χ2v) is 10.9. The van der Waals surface area contributed by atoms with Crippen molar-refractivity contribution in [1.29, 1.82) is 0 Å². The molecule has 39 heavy (non-hydrogen) atoms. The number of benzene rings is 1. The summed E-state index contributed by atoms with van der Waals surface area (Å²) in [7, 11) is 1.57. The van der Waals surface area contributed by atoms with E-state index < -0.39 is 5.82 Å². The summed E-state index contributed by atoms with van der Waals surface area (Å²) in [6, 6.07) is 7.47. The monoisotopic (exact) mass is 571 g/mol. The van der Waals surface area contributed by atoms with Crippen LogP contribution in [-0.2, 0) is 29.2 Å². The van der Waals surface area contributed by atoms with Gasteiger partial charge in [0.25, 0.3) is 5.91 Å². The predicted molar refractivity (Wildman–Crippen MR) is 147 cm³/mol. The minimum Gasteiger partial charge on any atom is -0.392 e. The highest BCUT2D eigenvalue weighted by atomic mass is 35.5. The van der Waals surface area contributed by atoms with Crippen molar-refractivity contribution >= 4 is 41.5 Å². The Kier molecular flexibility index (Phi) is 7.94. The quantitative estimate of drug-likeness (QED) is 0.375. The topological polar surface area (TPSA) is 99.9 Å². The second kappa shape index (κ2) is 11.4. The highest BCUT2D eigenvalue weighted by Crippen LogP contribution is 2.38. The maximum absolute atomic E-state index is 14.0. The number of nitrogens with one attached hydrogen (secondary N) is 1. The number of amides is 2. The van der Waals surface area contributed by atoms with Gasteiger partial charge in [-0.05, 0) is 42.3 Å². The first-order chi connectivity index (χ1) is 18.8. The molecule has 2 N–H and O–H groups in total. The van der Waals surface area contributed by atoms with Crippen LogP contribution in [0.2, 0.25) is 5.02 Å². The van der Waals surface area contributed by atoms with Crippen molar-refractivity contribution in [2.75, 3.05) is 18.6 Å². The van der Waals surface area contributed by atoms with Gasteiger partial charge >= 0.3 is 0 Å². The summed E-state index contributed by atoms with van der Waals surface area (Å²) in [5, 5.41) is 14.7. The third-order valence-electron chi connectivity index (χ3n) is 6.87. The number of methoxy groups -OCH3 is 1. The van der Waals surface area contributed by atoms with Gasteiger partial charge in [0.2, 0.25) is 6.41 Å². The lowest BCUT2D eigenvalue weighted by atomic mass is 10.0. The molecule has 2 aliphatic rings.